The van der Waals surface area contributed by atoms with Gasteiger partial charge in [-0.1, -0.05) is 39.0 Å². The minimum atomic E-state index is -0.420. The smallest absolute Gasteiger partial charge is 0.313 e. The number of ether oxygens (including phenoxy) is 2. The molecule has 0 aromatic rings. The van der Waals surface area contributed by atoms with Crippen molar-refractivity contribution in [2.45, 2.75) is 123 Å². The zero-order valence-electron chi connectivity index (χ0n) is 19.9. The Morgan fingerprint density at radius 3 is 1.94 bits per heavy atom. The van der Waals surface area contributed by atoms with Crippen LogP contribution in [0.4, 0.5) is 0 Å². The number of ketones is 1. The Hall–Kier alpha value is -1.39. The highest BCUT2D eigenvalue weighted by Crippen LogP contribution is 2.34. The fourth-order valence-electron chi connectivity index (χ4n) is 5.14. The molecule has 0 aliphatic heterocycles. The number of esters is 2. The van der Waals surface area contributed by atoms with Gasteiger partial charge >= 0.3 is 11.9 Å². The molecule has 2 aliphatic carbocycles. The lowest BCUT2D eigenvalue weighted by molar-refractivity contribution is -0.157. The lowest BCUT2D eigenvalue weighted by atomic mass is 9.79. The molecule has 0 saturated heterocycles. The van der Waals surface area contributed by atoms with E-state index in [1.807, 2.05) is 0 Å². The lowest BCUT2D eigenvalue weighted by Gasteiger charge is -2.31. The van der Waals surface area contributed by atoms with Crippen LogP contribution in [-0.2, 0) is 23.9 Å². The molecule has 0 atom stereocenters. The Bertz CT molecular complexity index is 542. The van der Waals surface area contributed by atoms with E-state index < -0.39 is 5.97 Å². The molecule has 0 heterocycles. The van der Waals surface area contributed by atoms with Gasteiger partial charge < -0.3 is 9.47 Å². The van der Waals surface area contributed by atoms with E-state index in [9.17, 15) is 14.4 Å². The Morgan fingerprint density at radius 2 is 1.35 bits per heavy atom. The van der Waals surface area contributed by atoms with Crippen molar-refractivity contribution in [1.29, 1.82) is 0 Å². The Kier molecular flexibility index (Phi) is 12.2. The highest BCUT2D eigenvalue weighted by atomic mass is 16.5. The first-order valence-corrected chi connectivity index (χ1v) is 12.8. The van der Waals surface area contributed by atoms with E-state index in [0.29, 0.717) is 12.5 Å². The van der Waals surface area contributed by atoms with Gasteiger partial charge in [-0.3, -0.25) is 14.4 Å². The third kappa shape index (κ3) is 10.7. The zero-order chi connectivity index (χ0) is 22.5. The van der Waals surface area contributed by atoms with Gasteiger partial charge in [-0.15, -0.1) is 0 Å². The molecule has 2 aliphatic rings. The molecular formula is C26H44O5. The van der Waals surface area contributed by atoms with E-state index in [-0.39, 0.29) is 30.2 Å². The van der Waals surface area contributed by atoms with E-state index in [4.69, 9.17) is 9.47 Å². The summed E-state index contributed by atoms with van der Waals surface area (Å²) in [6.45, 7) is 4.05. The predicted octanol–water partition coefficient (Wildman–Crippen LogP) is 6.17. The molecule has 0 aromatic carbocycles. The highest BCUT2D eigenvalue weighted by Gasteiger charge is 2.30. The molecule has 178 valence electrons. The minimum Gasteiger partial charge on any atom is -0.465 e. The van der Waals surface area contributed by atoms with Gasteiger partial charge in [-0.25, -0.2) is 0 Å². The van der Waals surface area contributed by atoms with Crippen molar-refractivity contribution in [3.63, 3.8) is 0 Å². The van der Waals surface area contributed by atoms with Crippen molar-refractivity contribution >= 4 is 17.7 Å². The molecule has 0 N–H and O–H groups in total. The molecule has 0 amide bonds. The van der Waals surface area contributed by atoms with Crippen LogP contribution in [-0.4, -0.2) is 30.4 Å². The number of Topliss-reactive ketones (excluding diaryl/α,β-unsaturated/α-hetero) is 1. The van der Waals surface area contributed by atoms with Crippen molar-refractivity contribution in [2.75, 3.05) is 6.61 Å². The molecule has 0 unspecified atom stereocenters. The van der Waals surface area contributed by atoms with Crippen molar-refractivity contribution in [2.24, 2.45) is 17.8 Å². The van der Waals surface area contributed by atoms with Gasteiger partial charge in [-0.2, -0.15) is 0 Å². The first-order valence-electron chi connectivity index (χ1n) is 12.8. The Morgan fingerprint density at radius 1 is 0.774 bits per heavy atom. The zero-order valence-corrected chi connectivity index (χ0v) is 19.9. The van der Waals surface area contributed by atoms with Gasteiger partial charge in [0.2, 0.25) is 0 Å². The van der Waals surface area contributed by atoms with E-state index >= 15 is 0 Å². The molecule has 31 heavy (non-hydrogen) atoms. The maximum absolute atomic E-state index is 12.6. The van der Waals surface area contributed by atoms with Crippen LogP contribution >= 0.6 is 0 Å². The van der Waals surface area contributed by atoms with Crippen LogP contribution in [0, 0.1) is 17.8 Å². The number of rotatable bonds is 13. The van der Waals surface area contributed by atoms with E-state index in [2.05, 4.69) is 6.92 Å². The largest absolute Gasteiger partial charge is 0.465 e. The second-order valence-electron chi connectivity index (χ2n) is 9.89. The number of carbonyl (C=O) groups excluding carboxylic acids is 3. The van der Waals surface area contributed by atoms with Gasteiger partial charge in [-0.05, 0) is 83.0 Å². The Balaban J connectivity index is 1.52. The maximum atomic E-state index is 12.6. The number of hydrogen-bond acceptors (Lipinski definition) is 5. The molecule has 0 radical (unpaired) electrons. The topological polar surface area (TPSA) is 69.7 Å². The van der Waals surface area contributed by atoms with Crippen molar-refractivity contribution in [1.82, 2.24) is 0 Å². The van der Waals surface area contributed by atoms with Gasteiger partial charge in [0, 0.05) is 0 Å². The monoisotopic (exact) mass is 436 g/mol. The summed E-state index contributed by atoms with van der Waals surface area (Å²) in [7, 11) is 0. The first-order chi connectivity index (χ1) is 15.0. The van der Waals surface area contributed by atoms with E-state index in [0.717, 1.165) is 63.7 Å². The van der Waals surface area contributed by atoms with Crippen LogP contribution in [0.2, 0.25) is 0 Å². The molecule has 0 spiro atoms. The summed E-state index contributed by atoms with van der Waals surface area (Å²) in [5, 5.41) is 0. The number of unbranched alkanes of at least 4 members (excludes halogenated alkanes) is 3. The van der Waals surface area contributed by atoms with Crippen LogP contribution in [0.25, 0.3) is 0 Å². The first kappa shape index (κ1) is 25.9. The third-order valence-corrected chi connectivity index (χ3v) is 7.14. The van der Waals surface area contributed by atoms with Crippen LogP contribution in [0.3, 0.4) is 0 Å². The summed E-state index contributed by atoms with van der Waals surface area (Å²) in [6.07, 6.45) is 16.9. The van der Waals surface area contributed by atoms with Crippen LogP contribution < -0.4 is 0 Å². The number of carbonyl (C=O) groups is 3. The van der Waals surface area contributed by atoms with Crippen molar-refractivity contribution < 1.29 is 23.9 Å². The van der Waals surface area contributed by atoms with Gasteiger partial charge in [0.05, 0.1) is 12.5 Å². The molecule has 2 saturated carbocycles. The van der Waals surface area contributed by atoms with Gasteiger partial charge in [0.1, 0.15) is 18.3 Å². The summed E-state index contributed by atoms with van der Waals surface area (Å²) < 4.78 is 11.0. The van der Waals surface area contributed by atoms with Crippen molar-refractivity contribution in [3.05, 3.63) is 0 Å². The summed E-state index contributed by atoms with van der Waals surface area (Å²) in [5.74, 6) is 1.06. The normalized spacial score (nSPS) is 26.3. The molecule has 5 nitrogen and oxygen atoms in total. The van der Waals surface area contributed by atoms with Gasteiger partial charge in [0.15, 0.2) is 0 Å². The second kappa shape index (κ2) is 14.6. The lowest BCUT2D eigenvalue weighted by Crippen LogP contribution is -2.30. The highest BCUT2D eigenvalue weighted by molar-refractivity contribution is 5.94. The summed E-state index contributed by atoms with van der Waals surface area (Å²) >= 11 is 0. The fourth-order valence-corrected chi connectivity index (χ4v) is 5.14. The van der Waals surface area contributed by atoms with Crippen molar-refractivity contribution in [3.8, 4) is 0 Å². The molecule has 0 aromatic heterocycles. The standard InChI is InChI=1S/C26H44O5/c1-3-4-5-8-22-12-16-24(17-13-22)31-26(29)23-14-10-21(11-15-23)9-6-7-18-30-25(28)19-20(2)27/h21-24H,3-19H2,1-2H3. The van der Waals surface area contributed by atoms with Crippen LogP contribution in [0.5, 0.6) is 0 Å². The molecule has 2 rings (SSSR count). The van der Waals surface area contributed by atoms with Gasteiger partial charge in [0.25, 0.3) is 0 Å². The summed E-state index contributed by atoms with van der Waals surface area (Å²) in [4.78, 5) is 34.8. The second-order valence-corrected chi connectivity index (χ2v) is 9.89. The summed E-state index contributed by atoms with van der Waals surface area (Å²) in [6, 6.07) is 0. The average molecular weight is 437 g/mol. The molecule has 5 heteroatoms. The molecular weight excluding hydrogens is 392 g/mol. The third-order valence-electron chi connectivity index (χ3n) is 7.14. The minimum absolute atomic E-state index is 0.0465. The van der Waals surface area contributed by atoms with Crippen LogP contribution in [0.1, 0.15) is 117 Å². The molecule has 0 bridgehead atoms. The van der Waals surface area contributed by atoms with Crippen LogP contribution in [0.15, 0.2) is 0 Å². The number of hydrogen-bond donors (Lipinski definition) is 0. The quantitative estimate of drug-likeness (QED) is 0.196. The average Bonchev–Trinajstić information content (AvgIpc) is 2.75. The van der Waals surface area contributed by atoms with E-state index in [1.54, 1.807) is 0 Å². The Labute approximate surface area is 189 Å². The SMILES string of the molecule is CCCCCC1CCC(OC(=O)C2CCC(CCCCOC(=O)CC(C)=O)CC2)CC1. The maximum Gasteiger partial charge on any atom is 0.313 e. The van der Waals surface area contributed by atoms with E-state index in [1.165, 1.54) is 45.4 Å². The fraction of sp³-hybridized carbons (Fsp3) is 0.885. The summed E-state index contributed by atoms with van der Waals surface area (Å²) in [5.41, 5.74) is 0. The molecule has 2 fully saturated rings. The predicted molar refractivity (Wildman–Crippen MR) is 122 cm³/mol.